The van der Waals surface area contributed by atoms with Gasteiger partial charge in [-0.2, -0.15) is 0 Å². The van der Waals surface area contributed by atoms with Crippen LogP contribution in [0.3, 0.4) is 0 Å². The van der Waals surface area contributed by atoms with E-state index in [1.165, 1.54) is 4.90 Å². The molecule has 1 unspecified atom stereocenters. The molecule has 7 nitrogen and oxygen atoms in total. The topological polar surface area (TPSA) is 113 Å². The van der Waals surface area contributed by atoms with Crippen molar-refractivity contribution in [2.75, 3.05) is 13.1 Å². The van der Waals surface area contributed by atoms with Gasteiger partial charge in [-0.25, -0.2) is 9.59 Å². The largest absolute Gasteiger partial charge is 0.480 e. The average molecular weight is 273 g/mol. The highest BCUT2D eigenvalue weighted by molar-refractivity contribution is 5.83. The normalized spacial score (nSPS) is 12.0. The lowest BCUT2D eigenvalue weighted by Crippen LogP contribution is -2.49. The SMILES string of the molecule is CCN(CC(C)C)C(=O)NC(CCC(N)=O)C(=O)O. The molecule has 110 valence electrons. The van der Waals surface area contributed by atoms with Crippen LogP contribution in [0.25, 0.3) is 0 Å². The molecule has 0 aromatic heterocycles. The summed E-state index contributed by atoms with van der Waals surface area (Å²) in [5.41, 5.74) is 4.97. The van der Waals surface area contributed by atoms with E-state index in [1.54, 1.807) is 0 Å². The van der Waals surface area contributed by atoms with Crippen molar-refractivity contribution in [3.63, 3.8) is 0 Å². The monoisotopic (exact) mass is 273 g/mol. The van der Waals surface area contributed by atoms with Gasteiger partial charge in [0.15, 0.2) is 0 Å². The first-order chi connectivity index (χ1) is 8.77. The van der Waals surface area contributed by atoms with Crippen molar-refractivity contribution < 1.29 is 19.5 Å². The van der Waals surface area contributed by atoms with Crippen LogP contribution in [-0.2, 0) is 9.59 Å². The number of rotatable bonds is 8. The molecule has 7 heteroatoms. The Balaban J connectivity index is 4.51. The zero-order chi connectivity index (χ0) is 15.0. The van der Waals surface area contributed by atoms with Gasteiger partial charge in [-0.05, 0) is 19.3 Å². The lowest BCUT2D eigenvalue weighted by Gasteiger charge is -2.25. The molecule has 0 bridgehead atoms. The number of amides is 3. The molecule has 0 aromatic rings. The fourth-order valence-electron chi connectivity index (χ4n) is 1.58. The van der Waals surface area contributed by atoms with E-state index in [0.29, 0.717) is 19.0 Å². The van der Waals surface area contributed by atoms with Crippen LogP contribution < -0.4 is 11.1 Å². The molecular formula is C12H23N3O4. The number of urea groups is 1. The zero-order valence-corrected chi connectivity index (χ0v) is 11.7. The molecule has 0 fully saturated rings. The number of hydrogen-bond donors (Lipinski definition) is 3. The molecule has 19 heavy (non-hydrogen) atoms. The summed E-state index contributed by atoms with van der Waals surface area (Å²) in [5, 5.41) is 11.4. The molecule has 0 aromatic carbocycles. The van der Waals surface area contributed by atoms with Crippen LogP contribution >= 0.6 is 0 Å². The molecule has 3 amide bonds. The first-order valence-corrected chi connectivity index (χ1v) is 6.34. The predicted octanol–water partition coefficient (Wildman–Crippen LogP) is 0.393. The molecule has 0 saturated carbocycles. The van der Waals surface area contributed by atoms with Gasteiger partial charge in [0.1, 0.15) is 6.04 Å². The van der Waals surface area contributed by atoms with Crippen molar-refractivity contribution in [2.45, 2.75) is 39.7 Å². The number of carboxylic acids is 1. The number of hydrogen-bond acceptors (Lipinski definition) is 3. The number of aliphatic carboxylic acids is 1. The fraction of sp³-hybridized carbons (Fsp3) is 0.750. The Labute approximate surface area is 113 Å². The van der Waals surface area contributed by atoms with Crippen LogP contribution in [0.1, 0.15) is 33.6 Å². The maximum atomic E-state index is 11.9. The van der Waals surface area contributed by atoms with E-state index in [4.69, 9.17) is 10.8 Å². The molecule has 0 spiro atoms. The van der Waals surface area contributed by atoms with Crippen LogP contribution in [0.15, 0.2) is 0 Å². The van der Waals surface area contributed by atoms with Gasteiger partial charge in [-0.15, -0.1) is 0 Å². The van der Waals surface area contributed by atoms with Crippen molar-refractivity contribution in [2.24, 2.45) is 11.7 Å². The van der Waals surface area contributed by atoms with Crippen LogP contribution in [0.5, 0.6) is 0 Å². The summed E-state index contributed by atoms with van der Waals surface area (Å²) in [5.74, 6) is -1.47. The van der Waals surface area contributed by atoms with Gasteiger partial charge >= 0.3 is 12.0 Å². The van der Waals surface area contributed by atoms with Gasteiger partial charge in [0.05, 0.1) is 0 Å². The summed E-state index contributed by atoms with van der Waals surface area (Å²) in [6.07, 6.45) is -0.0802. The van der Waals surface area contributed by atoms with Crippen LogP contribution in [0.4, 0.5) is 4.79 Å². The van der Waals surface area contributed by atoms with Crippen molar-refractivity contribution >= 4 is 17.9 Å². The summed E-state index contributed by atoms with van der Waals surface area (Å²) < 4.78 is 0. The predicted molar refractivity (Wildman–Crippen MR) is 70.5 cm³/mol. The number of nitrogens with two attached hydrogens (primary N) is 1. The summed E-state index contributed by atoms with van der Waals surface area (Å²) >= 11 is 0. The number of carbonyl (C=O) groups is 3. The first-order valence-electron chi connectivity index (χ1n) is 6.34. The third kappa shape index (κ3) is 7.28. The number of carboxylic acid groups (broad SMARTS) is 1. The van der Waals surface area contributed by atoms with Gasteiger partial charge in [0.25, 0.3) is 0 Å². The molecule has 0 aliphatic carbocycles. The molecular weight excluding hydrogens is 250 g/mol. The molecule has 0 saturated heterocycles. The lowest BCUT2D eigenvalue weighted by atomic mass is 10.1. The summed E-state index contributed by atoms with van der Waals surface area (Å²) in [4.78, 5) is 35.1. The minimum absolute atomic E-state index is 0.00433. The van der Waals surface area contributed by atoms with Crippen molar-refractivity contribution in [3.8, 4) is 0 Å². The first kappa shape index (κ1) is 17.2. The lowest BCUT2D eigenvalue weighted by molar-refractivity contribution is -0.139. The van der Waals surface area contributed by atoms with Crippen molar-refractivity contribution in [1.82, 2.24) is 10.2 Å². The van der Waals surface area contributed by atoms with Crippen LogP contribution in [0.2, 0.25) is 0 Å². The Kier molecular flexibility index (Phi) is 7.55. The zero-order valence-electron chi connectivity index (χ0n) is 11.7. The Morgan fingerprint density at radius 2 is 1.89 bits per heavy atom. The van der Waals surface area contributed by atoms with Crippen LogP contribution in [0, 0.1) is 5.92 Å². The van der Waals surface area contributed by atoms with E-state index in [-0.39, 0.29) is 12.8 Å². The Bertz CT molecular complexity index is 331. The maximum absolute atomic E-state index is 11.9. The molecule has 0 heterocycles. The molecule has 0 aliphatic rings. The van der Waals surface area contributed by atoms with Crippen molar-refractivity contribution in [3.05, 3.63) is 0 Å². The van der Waals surface area contributed by atoms with Gasteiger partial charge in [-0.3, -0.25) is 4.79 Å². The maximum Gasteiger partial charge on any atom is 0.326 e. The van der Waals surface area contributed by atoms with Crippen LogP contribution in [-0.4, -0.2) is 47.0 Å². The summed E-state index contributed by atoms with van der Waals surface area (Å²) in [6, 6.07) is -1.53. The summed E-state index contributed by atoms with van der Waals surface area (Å²) in [6.45, 7) is 6.80. The average Bonchev–Trinajstić information content (AvgIpc) is 2.30. The minimum Gasteiger partial charge on any atom is -0.480 e. The summed E-state index contributed by atoms with van der Waals surface area (Å²) in [7, 11) is 0. The second kappa shape index (κ2) is 8.34. The standard InChI is InChI=1S/C12H23N3O4/c1-4-15(7-8(2)3)12(19)14-9(11(17)18)5-6-10(13)16/h8-9H,4-7H2,1-3H3,(H2,13,16)(H,14,19)(H,17,18). The second-order valence-electron chi connectivity index (χ2n) is 4.78. The number of carbonyl (C=O) groups excluding carboxylic acids is 2. The van der Waals surface area contributed by atoms with E-state index in [0.717, 1.165) is 0 Å². The van der Waals surface area contributed by atoms with Gasteiger partial charge < -0.3 is 21.1 Å². The number of primary amides is 1. The van der Waals surface area contributed by atoms with E-state index >= 15 is 0 Å². The molecule has 4 N–H and O–H groups in total. The van der Waals surface area contributed by atoms with E-state index in [1.807, 2.05) is 20.8 Å². The fourth-order valence-corrected chi connectivity index (χ4v) is 1.58. The van der Waals surface area contributed by atoms with Gasteiger partial charge in [0, 0.05) is 19.5 Å². The molecule has 0 radical (unpaired) electrons. The molecule has 0 aliphatic heterocycles. The van der Waals surface area contributed by atoms with Gasteiger partial charge in [-0.1, -0.05) is 13.8 Å². The van der Waals surface area contributed by atoms with E-state index < -0.39 is 23.9 Å². The van der Waals surface area contributed by atoms with E-state index in [9.17, 15) is 14.4 Å². The minimum atomic E-state index is -1.17. The quantitative estimate of drug-likeness (QED) is 0.593. The number of nitrogens with zero attached hydrogens (tertiary/aromatic N) is 1. The molecule has 0 rings (SSSR count). The third-order valence-corrected chi connectivity index (χ3v) is 2.53. The van der Waals surface area contributed by atoms with Crippen molar-refractivity contribution in [1.29, 1.82) is 0 Å². The highest BCUT2D eigenvalue weighted by Gasteiger charge is 2.23. The smallest absolute Gasteiger partial charge is 0.326 e. The van der Waals surface area contributed by atoms with E-state index in [2.05, 4.69) is 5.32 Å². The Hall–Kier alpha value is -1.79. The number of nitrogens with one attached hydrogen (secondary N) is 1. The second-order valence-corrected chi connectivity index (χ2v) is 4.78. The third-order valence-electron chi connectivity index (χ3n) is 2.53. The molecule has 1 atom stereocenters. The van der Waals surface area contributed by atoms with Gasteiger partial charge in [0.2, 0.25) is 5.91 Å². The highest BCUT2D eigenvalue weighted by Crippen LogP contribution is 2.02. The highest BCUT2D eigenvalue weighted by atomic mass is 16.4. The Morgan fingerprint density at radius 1 is 1.32 bits per heavy atom. The Morgan fingerprint density at radius 3 is 2.26 bits per heavy atom.